The third-order valence-electron chi connectivity index (χ3n) is 6.08. The predicted molar refractivity (Wildman–Crippen MR) is 127 cm³/mol. The number of nitrogen functional groups attached to an aromatic ring is 1. The van der Waals surface area contributed by atoms with Crippen molar-refractivity contribution in [1.82, 2.24) is 15.6 Å². The number of carbonyl (C=O) groups is 1. The zero-order valence-corrected chi connectivity index (χ0v) is 18.9. The second-order valence-electron chi connectivity index (χ2n) is 8.44. The van der Waals surface area contributed by atoms with E-state index in [0.29, 0.717) is 25.1 Å². The standard InChI is InChI=1S/C24H29FN8O/c25-21-13-18(7-12-30-21)33-22(28)19(23(29)34)15-32-24(10-11-26)8-5-17(6-9-24)31-14-16-3-1-2-4-20(16)27/h1-4,7,12-13,15,17,31-32H,5-6,8-10,14,27H2,(H2,29,34)(H2,28,30,33)/p+1/b19-15+. The van der Waals surface area contributed by atoms with Crippen LogP contribution in [0.4, 0.5) is 15.8 Å². The molecule has 1 amide bonds. The number of amidine groups is 1. The van der Waals surface area contributed by atoms with Crippen molar-refractivity contribution in [2.45, 2.75) is 50.2 Å². The van der Waals surface area contributed by atoms with E-state index in [4.69, 9.17) is 17.2 Å². The Morgan fingerprint density at radius 3 is 2.68 bits per heavy atom. The average molecular weight is 466 g/mol. The molecule has 0 unspecified atom stereocenters. The van der Waals surface area contributed by atoms with Gasteiger partial charge < -0.3 is 22.1 Å². The number of pyridine rings is 1. The first-order valence-corrected chi connectivity index (χ1v) is 11.0. The number of anilines is 1. The molecular weight excluding hydrogens is 435 g/mol. The molecule has 9 nitrogen and oxygen atoms in total. The van der Waals surface area contributed by atoms with E-state index < -0.39 is 17.4 Å². The molecule has 1 aromatic carbocycles. The van der Waals surface area contributed by atoms with Crippen molar-refractivity contribution in [3.05, 3.63) is 65.9 Å². The lowest BCUT2D eigenvalue weighted by Crippen LogP contribution is -2.70. The molecule has 0 aliphatic heterocycles. The van der Waals surface area contributed by atoms with Gasteiger partial charge in [0.1, 0.15) is 11.3 Å². The first kappa shape index (κ1) is 24.7. The van der Waals surface area contributed by atoms with Crippen LogP contribution in [-0.2, 0) is 11.3 Å². The molecule has 0 spiro atoms. The van der Waals surface area contributed by atoms with Gasteiger partial charge in [-0.1, -0.05) is 18.2 Å². The molecule has 10 heteroatoms. The Kier molecular flexibility index (Phi) is 8.16. The second-order valence-corrected chi connectivity index (χ2v) is 8.44. The van der Waals surface area contributed by atoms with Crippen LogP contribution in [0.1, 0.15) is 37.7 Å². The van der Waals surface area contributed by atoms with Gasteiger partial charge in [0, 0.05) is 48.3 Å². The molecule has 1 aliphatic carbocycles. The highest BCUT2D eigenvalue weighted by Crippen LogP contribution is 2.31. The van der Waals surface area contributed by atoms with E-state index in [1.54, 1.807) is 0 Å². The Bertz CT molecular complexity index is 1120. The molecule has 1 aromatic heterocycles. The van der Waals surface area contributed by atoms with Gasteiger partial charge in [-0.3, -0.25) is 10.5 Å². The number of nitrogens with zero attached hydrogens (tertiary/aromatic N) is 2. The number of para-hydroxylation sites is 1. The summed E-state index contributed by atoms with van der Waals surface area (Å²) in [6.07, 6.45) is 6.10. The van der Waals surface area contributed by atoms with Gasteiger partial charge in [-0.05, 0) is 37.3 Å². The highest BCUT2D eigenvalue weighted by atomic mass is 19.1. The number of aromatic nitrogens is 1. The van der Waals surface area contributed by atoms with Crippen LogP contribution in [0.25, 0.3) is 0 Å². The fourth-order valence-corrected chi connectivity index (χ4v) is 4.06. The molecule has 1 saturated carbocycles. The summed E-state index contributed by atoms with van der Waals surface area (Å²) < 4.78 is 13.3. The molecular formula is C24H30FN8O+. The van der Waals surface area contributed by atoms with Gasteiger partial charge in [0.2, 0.25) is 5.95 Å². The molecule has 178 valence electrons. The van der Waals surface area contributed by atoms with E-state index in [0.717, 1.165) is 30.2 Å². The molecule has 1 fully saturated rings. The summed E-state index contributed by atoms with van der Waals surface area (Å²) in [6, 6.07) is 12.9. The van der Waals surface area contributed by atoms with Crippen LogP contribution in [0, 0.1) is 17.3 Å². The van der Waals surface area contributed by atoms with E-state index in [2.05, 4.69) is 26.7 Å². The molecule has 1 aliphatic rings. The number of nitriles is 1. The largest absolute Gasteiger partial charge is 0.398 e. The number of halogens is 1. The Balaban J connectivity index is 1.67. The van der Waals surface area contributed by atoms with E-state index in [1.807, 2.05) is 24.3 Å². The maximum absolute atomic E-state index is 13.3. The number of benzene rings is 1. The molecule has 9 N–H and O–H groups in total. The fourth-order valence-electron chi connectivity index (χ4n) is 4.06. The average Bonchev–Trinajstić information content (AvgIpc) is 2.80. The van der Waals surface area contributed by atoms with Crippen molar-refractivity contribution in [3.63, 3.8) is 0 Å². The Morgan fingerprint density at radius 1 is 1.29 bits per heavy atom. The van der Waals surface area contributed by atoms with Crippen LogP contribution in [0.3, 0.4) is 0 Å². The molecule has 0 radical (unpaired) electrons. The van der Waals surface area contributed by atoms with Crippen molar-refractivity contribution in [2.75, 3.05) is 5.73 Å². The summed E-state index contributed by atoms with van der Waals surface area (Å²) >= 11 is 0. The van der Waals surface area contributed by atoms with Crippen molar-refractivity contribution in [2.24, 2.45) is 11.5 Å². The molecule has 0 saturated heterocycles. The number of primary amides is 1. The third kappa shape index (κ3) is 6.52. The van der Waals surface area contributed by atoms with Gasteiger partial charge in [-0.25, -0.2) is 9.98 Å². The summed E-state index contributed by atoms with van der Waals surface area (Å²) in [6.45, 7) is 0.675. The summed E-state index contributed by atoms with van der Waals surface area (Å²) in [5.74, 6) is -1.47. The maximum Gasteiger partial charge on any atom is 0.285 e. The summed E-state index contributed by atoms with van der Waals surface area (Å²) in [5.41, 5.74) is 19.2. The van der Waals surface area contributed by atoms with Crippen molar-refractivity contribution in [3.8, 4) is 6.07 Å². The number of hydrogen-bond acceptors (Lipinski definition) is 6. The number of rotatable bonds is 9. The van der Waals surface area contributed by atoms with Gasteiger partial charge in [-0.2, -0.15) is 9.65 Å². The van der Waals surface area contributed by atoms with Crippen LogP contribution in [0.2, 0.25) is 0 Å². The lowest BCUT2D eigenvalue weighted by Gasteiger charge is -2.39. The van der Waals surface area contributed by atoms with Crippen LogP contribution < -0.4 is 32.8 Å². The van der Waals surface area contributed by atoms with Crippen LogP contribution >= 0.6 is 0 Å². The van der Waals surface area contributed by atoms with Gasteiger partial charge in [0.25, 0.3) is 11.7 Å². The Hall–Kier alpha value is -3.97. The Morgan fingerprint density at radius 2 is 2.03 bits per heavy atom. The topological polar surface area (TPSA) is 170 Å². The van der Waals surface area contributed by atoms with Gasteiger partial charge >= 0.3 is 0 Å². The molecule has 0 bridgehead atoms. The minimum atomic E-state index is -0.755. The van der Waals surface area contributed by atoms with E-state index in [1.165, 1.54) is 18.5 Å². The predicted octanol–water partition coefficient (Wildman–Crippen LogP) is 0.216. The molecule has 0 atom stereocenters. The maximum atomic E-state index is 13.3. The first-order chi connectivity index (χ1) is 16.3. The summed E-state index contributed by atoms with van der Waals surface area (Å²) in [4.78, 5) is 18.3. The highest BCUT2D eigenvalue weighted by Gasteiger charge is 2.35. The fraction of sp³-hybridized carbons (Fsp3) is 0.333. The number of hydrogen-bond donors (Lipinski definition) is 6. The number of nitrogens with one attached hydrogen (secondary N) is 3. The Labute approximate surface area is 197 Å². The number of amides is 1. The second kappa shape index (κ2) is 11.2. The van der Waals surface area contributed by atoms with E-state index in [-0.39, 0.29) is 23.9 Å². The third-order valence-corrected chi connectivity index (χ3v) is 6.08. The van der Waals surface area contributed by atoms with Crippen LogP contribution in [0.15, 0.2) is 54.4 Å². The van der Waals surface area contributed by atoms with Crippen molar-refractivity contribution >= 4 is 23.1 Å². The van der Waals surface area contributed by atoms with Gasteiger partial charge in [-0.15, -0.1) is 0 Å². The first-order valence-electron chi connectivity index (χ1n) is 11.0. The van der Waals surface area contributed by atoms with Gasteiger partial charge in [0.05, 0.1) is 12.5 Å². The zero-order chi connectivity index (χ0) is 24.6. The minimum absolute atomic E-state index is 0.00864. The van der Waals surface area contributed by atoms with E-state index in [9.17, 15) is 14.4 Å². The van der Waals surface area contributed by atoms with Crippen molar-refractivity contribution in [1.29, 1.82) is 5.26 Å². The molecule has 2 aromatic rings. The van der Waals surface area contributed by atoms with Crippen molar-refractivity contribution < 1.29 is 14.2 Å². The molecule has 3 rings (SSSR count). The zero-order valence-electron chi connectivity index (χ0n) is 18.9. The normalized spacial score (nSPS) is 21.0. The molecule has 1 heterocycles. The van der Waals surface area contributed by atoms with Gasteiger partial charge in [0.15, 0.2) is 0 Å². The SMILES string of the molecule is N#CCC1(N/C=C(/C(N)=O)C(N)=[NH+]c2ccnc(F)c2)CCC(NCc2ccccc2N)CC1. The highest BCUT2D eigenvalue weighted by molar-refractivity contribution is 6.17. The van der Waals surface area contributed by atoms with E-state index >= 15 is 0 Å². The molecule has 34 heavy (non-hydrogen) atoms. The monoisotopic (exact) mass is 465 g/mol. The number of carbonyl (C=O) groups excluding carboxylic acids is 1. The smallest absolute Gasteiger partial charge is 0.285 e. The van der Waals surface area contributed by atoms with Crippen LogP contribution in [-0.4, -0.2) is 28.3 Å². The van der Waals surface area contributed by atoms with Crippen LogP contribution in [0.5, 0.6) is 0 Å². The summed E-state index contributed by atoms with van der Waals surface area (Å²) in [7, 11) is 0. The lowest BCUT2D eigenvalue weighted by molar-refractivity contribution is -0.354. The quantitative estimate of drug-likeness (QED) is 0.101. The number of nitrogens with two attached hydrogens (primary N) is 3. The summed E-state index contributed by atoms with van der Waals surface area (Å²) in [5, 5.41) is 16.2. The lowest BCUT2D eigenvalue weighted by atomic mass is 9.77. The minimum Gasteiger partial charge on any atom is -0.398 e.